The zero-order chi connectivity index (χ0) is 48.6. The standard InChI is InChI=1S/C61H98O6/c1-4-7-10-13-16-19-22-25-28-29-30-31-34-37-40-43-46-49-52-55-61(64)67-58(56-65-59(62)53-50-47-44-41-38-35-32-26-23-20-17-14-11-8-5-2)57-66-60(63)54-51-48-45-42-39-36-33-27-24-21-18-15-12-9-6-3/h8,11,16-17,19-21,24-26,28,30-32,37-38,40-41,46,49,58H,4-7,9-10,12-15,18,22-23,27,29,33-36,39,42-45,47-48,50-57H2,1-3H3/b11-8-,19-16-,20-17-,24-21-,28-25-,31-30-,32-26-,40-37-,41-38-,49-46-/t58-/m1/s1. The van der Waals surface area contributed by atoms with Crippen molar-refractivity contribution >= 4 is 17.9 Å². The fraction of sp³-hybridized carbons (Fsp3) is 0.623. The van der Waals surface area contributed by atoms with Gasteiger partial charge in [0.25, 0.3) is 0 Å². The molecule has 0 aliphatic carbocycles. The summed E-state index contributed by atoms with van der Waals surface area (Å²) in [5.41, 5.74) is 0. The van der Waals surface area contributed by atoms with Crippen molar-refractivity contribution in [2.24, 2.45) is 0 Å². The summed E-state index contributed by atoms with van der Waals surface area (Å²) in [6.45, 7) is 6.37. The normalized spacial score (nSPS) is 13.1. The van der Waals surface area contributed by atoms with Crippen LogP contribution in [0.1, 0.15) is 226 Å². The Kier molecular flexibility index (Phi) is 51.0. The van der Waals surface area contributed by atoms with Crippen LogP contribution >= 0.6 is 0 Å². The lowest BCUT2D eigenvalue weighted by atomic mass is 10.1. The molecule has 0 fully saturated rings. The van der Waals surface area contributed by atoms with E-state index in [1.54, 1.807) is 0 Å². The first-order valence-corrected chi connectivity index (χ1v) is 27.0. The molecule has 0 aliphatic rings. The number of esters is 3. The minimum atomic E-state index is -0.840. The Morgan fingerprint density at radius 2 is 0.612 bits per heavy atom. The van der Waals surface area contributed by atoms with Gasteiger partial charge in [0.15, 0.2) is 6.10 Å². The zero-order valence-electron chi connectivity index (χ0n) is 43.1. The van der Waals surface area contributed by atoms with Gasteiger partial charge in [-0.25, -0.2) is 0 Å². The van der Waals surface area contributed by atoms with Crippen LogP contribution in [-0.4, -0.2) is 37.2 Å². The third-order valence-corrected chi connectivity index (χ3v) is 10.9. The number of unbranched alkanes of at least 4 members (excludes halogenated alkanes) is 16. The molecule has 6 nitrogen and oxygen atoms in total. The van der Waals surface area contributed by atoms with Crippen LogP contribution in [0.15, 0.2) is 122 Å². The number of carbonyl (C=O) groups is 3. The molecule has 378 valence electrons. The molecule has 0 bridgehead atoms. The maximum absolute atomic E-state index is 12.8. The Morgan fingerprint density at radius 3 is 1.04 bits per heavy atom. The van der Waals surface area contributed by atoms with Gasteiger partial charge in [0, 0.05) is 19.3 Å². The molecule has 6 heteroatoms. The highest BCUT2D eigenvalue weighted by Gasteiger charge is 2.19. The Bertz CT molecular complexity index is 1440. The summed E-state index contributed by atoms with van der Waals surface area (Å²) in [6, 6.07) is 0. The van der Waals surface area contributed by atoms with Gasteiger partial charge in [-0.2, -0.15) is 0 Å². The van der Waals surface area contributed by atoms with Gasteiger partial charge < -0.3 is 14.2 Å². The molecule has 0 unspecified atom stereocenters. The molecule has 0 heterocycles. The van der Waals surface area contributed by atoms with Crippen LogP contribution in [0.2, 0.25) is 0 Å². The van der Waals surface area contributed by atoms with Crippen LogP contribution < -0.4 is 0 Å². The lowest BCUT2D eigenvalue weighted by molar-refractivity contribution is -0.166. The summed E-state index contributed by atoms with van der Waals surface area (Å²) in [5.74, 6) is -1.06. The predicted molar refractivity (Wildman–Crippen MR) is 288 cm³/mol. The van der Waals surface area contributed by atoms with E-state index in [1.807, 2.05) is 12.2 Å². The molecular formula is C61H98O6. The van der Waals surface area contributed by atoms with E-state index in [0.29, 0.717) is 19.3 Å². The number of allylic oxidation sites excluding steroid dienone is 20. The minimum Gasteiger partial charge on any atom is -0.462 e. The SMILES string of the molecule is CC/C=C\C/C=C\C/C=C\C/C=C\CCCCC(=O)OC[C@H](COC(=O)CCCCCCCCC/C=C\CCCCCC)OC(=O)CC/C=C\C/C=C\C/C=C\C/C=C\C/C=C\CCCCC. The van der Waals surface area contributed by atoms with Crippen LogP contribution in [-0.2, 0) is 28.6 Å². The van der Waals surface area contributed by atoms with E-state index in [2.05, 4.69) is 130 Å². The van der Waals surface area contributed by atoms with Gasteiger partial charge in [-0.1, -0.05) is 206 Å². The number of carbonyl (C=O) groups excluding carboxylic acids is 3. The van der Waals surface area contributed by atoms with Crippen molar-refractivity contribution in [2.75, 3.05) is 13.2 Å². The second-order valence-corrected chi connectivity index (χ2v) is 17.4. The predicted octanol–water partition coefficient (Wildman–Crippen LogP) is 18.1. The molecule has 0 spiro atoms. The van der Waals surface area contributed by atoms with Crippen molar-refractivity contribution < 1.29 is 28.6 Å². The van der Waals surface area contributed by atoms with E-state index < -0.39 is 12.1 Å². The third-order valence-electron chi connectivity index (χ3n) is 10.9. The fourth-order valence-corrected chi connectivity index (χ4v) is 6.88. The quantitative estimate of drug-likeness (QED) is 0.0262. The van der Waals surface area contributed by atoms with Crippen LogP contribution in [0, 0.1) is 0 Å². The van der Waals surface area contributed by atoms with Crippen molar-refractivity contribution in [1.82, 2.24) is 0 Å². The number of rotatable bonds is 47. The summed E-state index contributed by atoms with van der Waals surface area (Å²) in [7, 11) is 0. The van der Waals surface area contributed by atoms with E-state index in [-0.39, 0.29) is 38.0 Å². The number of hydrogen-bond donors (Lipinski definition) is 0. The van der Waals surface area contributed by atoms with Crippen LogP contribution in [0.3, 0.4) is 0 Å². The van der Waals surface area contributed by atoms with Crippen LogP contribution in [0.4, 0.5) is 0 Å². The molecule has 0 aliphatic heterocycles. The van der Waals surface area contributed by atoms with Gasteiger partial charge in [0.05, 0.1) is 0 Å². The highest BCUT2D eigenvalue weighted by atomic mass is 16.6. The van der Waals surface area contributed by atoms with Gasteiger partial charge in [-0.3, -0.25) is 14.4 Å². The fourth-order valence-electron chi connectivity index (χ4n) is 6.88. The molecule has 0 aromatic carbocycles. The smallest absolute Gasteiger partial charge is 0.306 e. The molecule has 0 amide bonds. The number of ether oxygens (including phenoxy) is 3. The Balaban J connectivity index is 4.59. The van der Waals surface area contributed by atoms with Crippen molar-refractivity contribution in [3.63, 3.8) is 0 Å². The molecule has 1 atom stereocenters. The second kappa shape index (κ2) is 54.4. The third kappa shape index (κ3) is 52.6. The topological polar surface area (TPSA) is 78.9 Å². The van der Waals surface area contributed by atoms with Gasteiger partial charge >= 0.3 is 17.9 Å². The lowest BCUT2D eigenvalue weighted by Gasteiger charge is -2.18. The van der Waals surface area contributed by atoms with Crippen molar-refractivity contribution in [1.29, 1.82) is 0 Å². The molecule has 0 aromatic heterocycles. The summed E-state index contributed by atoms with van der Waals surface area (Å²) in [5, 5.41) is 0. The maximum atomic E-state index is 12.8. The lowest BCUT2D eigenvalue weighted by Crippen LogP contribution is -2.30. The average molecular weight is 927 g/mol. The Labute approximate surface area is 412 Å². The zero-order valence-corrected chi connectivity index (χ0v) is 43.1. The van der Waals surface area contributed by atoms with Gasteiger partial charge in [-0.15, -0.1) is 0 Å². The van der Waals surface area contributed by atoms with Gasteiger partial charge in [-0.05, 0) is 122 Å². The summed E-state index contributed by atoms with van der Waals surface area (Å²) >= 11 is 0. The van der Waals surface area contributed by atoms with E-state index in [4.69, 9.17) is 14.2 Å². The largest absolute Gasteiger partial charge is 0.462 e. The first kappa shape index (κ1) is 62.8. The van der Waals surface area contributed by atoms with Gasteiger partial charge in [0.2, 0.25) is 0 Å². The monoisotopic (exact) mass is 927 g/mol. The highest BCUT2D eigenvalue weighted by molar-refractivity contribution is 5.71. The average Bonchev–Trinajstić information content (AvgIpc) is 3.33. The van der Waals surface area contributed by atoms with Crippen molar-refractivity contribution in [3.8, 4) is 0 Å². The molecule has 0 saturated carbocycles. The maximum Gasteiger partial charge on any atom is 0.306 e. The molecule has 0 N–H and O–H groups in total. The van der Waals surface area contributed by atoms with E-state index in [1.165, 1.54) is 89.9 Å². The summed E-state index contributed by atoms with van der Waals surface area (Å²) < 4.78 is 16.7. The van der Waals surface area contributed by atoms with Crippen molar-refractivity contribution in [3.05, 3.63) is 122 Å². The molecule has 0 aromatic rings. The first-order chi connectivity index (χ1) is 33.0. The molecule has 0 saturated heterocycles. The van der Waals surface area contributed by atoms with Gasteiger partial charge in [0.1, 0.15) is 13.2 Å². The Morgan fingerprint density at radius 1 is 0.313 bits per heavy atom. The van der Waals surface area contributed by atoms with E-state index in [0.717, 1.165) is 83.5 Å². The summed E-state index contributed by atoms with van der Waals surface area (Å²) in [4.78, 5) is 38.0. The molecule has 0 radical (unpaired) electrons. The second-order valence-electron chi connectivity index (χ2n) is 17.4. The van der Waals surface area contributed by atoms with Crippen LogP contribution in [0.5, 0.6) is 0 Å². The van der Waals surface area contributed by atoms with Crippen LogP contribution in [0.25, 0.3) is 0 Å². The molecule has 67 heavy (non-hydrogen) atoms. The van der Waals surface area contributed by atoms with E-state index in [9.17, 15) is 14.4 Å². The van der Waals surface area contributed by atoms with Crippen molar-refractivity contribution in [2.45, 2.75) is 232 Å². The molecule has 0 rings (SSSR count). The molecular weight excluding hydrogens is 829 g/mol. The summed E-state index contributed by atoms with van der Waals surface area (Å²) in [6.07, 6.45) is 74.8. The van der Waals surface area contributed by atoms with E-state index >= 15 is 0 Å². The Hall–Kier alpha value is -4.19. The minimum absolute atomic E-state index is 0.126. The number of hydrogen-bond acceptors (Lipinski definition) is 6. The first-order valence-electron chi connectivity index (χ1n) is 27.0. The highest BCUT2D eigenvalue weighted by Crippen LogP contribution is 2.12.